The van der Waals surface area contributed by atoms with E-state index in [1.165, 1.54) is 5.56 Å². The lowest BCUT2D eigenvalue weighted by atomic mass is 9.72. The van der Waals surface area contributed by atoms with Crippen LogP contribution in [0.2, 0.25) is 0 Å². The van der Waals surface area contributed by atoms with Gasteiger partial charge in [0, 0.05) is 17.9 Å². The number of carboxylic acid groups (broad SMARTS) is 1. The van der Waals surface area contributed by atoms with Crippen LogP contribution in [-0.4, -0.2) is 17.6 Å². The number of benzene rings is 2. The summed E-state index contributed by atoms with van der Waals surface area (Å²) in [5.74, 6) is -0.266. The van der Waals surface area contributed by atoms with Crippen molar-refractivity contribution in [2.75, 3.05) is 17.2 Å². The summed E-state index contributed by atoms with van der Waals surface area (Å²) in [5, 5.41) is 16.3. The van der Waals surface area contributed by atoms with Gasteiger partial charge in [0.05, 0.1) is 11.6 Å². The molecule has 0 amide bonds. The van der Waals surface area contributed by atoms with Crippen molar-refractivity contribution in [2.24, 2.45) is 11.3 Å². The van der Waals surface area contributed by atoms with Gasteiger partial charge < -0.3 is 15.7 Å². The molecule has 26 heavy (non-hydrogen) atoms. The number of nitrogens with one attached hydrogen (secondary N) is 2. The van der Waals surface area contributed by atoms with E-state index in [9.17, 15) is 9.90 Å². The Hall–Kier alpha value is -2.49. The molecule has 0 saturated carbocycles. The molecule has 138 valence electrons. The topological polar surface area (TPSA) is 61.4 Å². The number of fused-ring (bicyclic) bond motifs is 1. The van der Waals surface area contributed by atoms with Crippen LogP contribution in [0.3, 0.4) is 0 Å². The molecule has 0 fully saturated rings. The van der Waals surface area contributed by atoms with E-state index in [1.807, 2.05) is 6.07 Å². The van der Waals surface area contributed by atoms with E-state index in [-0.39, 0.29) is 11.5 Å². The molecular formula is C22H28N2O2. The van der Waals surface area contributed by atoms with Crippen molar-refractivity contribution in [1.82, 2.24) is 0 Å². The number of rotatable bonds is 5. The average Bonchev–Trinajstić information content (AvgIpc) is 2.58. The summed E-state index contributed by atoms with van der Waals surface area (Å²) in [6.45, 7) is 9.82. The normalized spacial score (nSPS) is 18.1. The van der Waals surface area contributed by atoms with Gasteiger partial charge in [0.15, 0.2) is 0 Å². The van der Waals surface area contributed by atoms with E-state index in [4.69, 9.17) is 0 Å². The van der Waals surface area contributed by atoms with Crippen molar-refractivity contribution in [1.29, 1.82) is 0 Å². The number of anilines is 2. The average molecular weight is 352 g/mol. The fourth-order valence-corrected chi connectivity index (χ4v) is 3.61. The van der Waals surface area contributed by atoms with Crippen LogP contribution in [0, 0.1) is 11.3 Å². The Bertz CT molecular complexity index is 794. The third kappa shape index (κ3) is 3.85. The molecule has 2 aromatic carbocycles. The van der Waals surface area contributed by atoms with Gasteiger partial charge in [-0.15, -0.1) is 0 Å². The third-order valence-electron chi connectivity index (χ3n) is 5.04. The van der Waals surface area contributed by atoms with Crippen molar-refractivity contribution in [3.63, 3.8) is 0 Å². The van der Waals surface area contributed by atoms with Gasteiger partial charge in [-0.3, -0.25) is 0 Å². The predicted octanol–water partition coefficient (Wildman–Crippen LogP) is 5.19. The first-order valence-electron chi connectivity index (χ1n) is 9.23. The molecule has 0 saturated heterocycles. The molecule has 3 N–H and O–H groups in total. The fourth-order valence-electron chi connectivity index (χ4n) is 3.61. The van der Waals surface area contributed by atoms with Gasteiger partial charge in [0.2, 0.25) is 0 Å². The van der Waals surface area contributed by atoms with E-state index in [0.717, 1.165) is 29.9 Å². The van der Waals surface area contributed by atoms with Crippen LogP contribution < -0.4 is 10.6 Å². The second-order valence-corrected chi connectivity index (χ2v) is 8.32. The first-order chi connectivity index (χ1) is 12.3. The molecule has 0 radical (unpaired) electrons. The fraction of sp³-hybridized carbons (Fsp3) is 0.409. The molecule has 0 spiro atoms. The van der Waals surface area contributed by atoms with E-state index in [1.54, 1.807) is 12.1 Å². The van der Waals surface area contributed by atoms with Crippen LogP contribution in [0.25, 0.3) is 0 Å². The van der Waals surface area contributed by atoms with Crippen LogP contribution >= 0.6 is 0 Å². The second kappa shape index (κ2) is 7.02. The molecule has 4 nitrogen and oxygen atoms in total. The number of hydrogen-bond acceptors (Lipinski definition) is 3. The molecule has 0 bridgehead atoms. The smallest absolute Gasteiger partial charge is 0.335 e. The zero-order valence-electron chi connectivity index (χ0n) is 16.0. The van der Waals surface area contributed by atoms with E-state index in [2.05, 4.69) is 62.6 Å². The molecule has 1 aliphatic rings. The van der Waals surface area contributed by atoms with Gasteiger partial charge in [-0.05, 0) is 59.2 Å². The molecule has 1 atom stereocenters. The first-order valence-corrected chi connectivity index (χ1v) is 9.23. The summed E-state index contributed by atoms with van der Waals surface area (Å²) < 4.78 is 0. The second-order valence-electron chi connectivity index (χ2n) is 8.32. The minimum atomic E-state index is -0.878. The highest BCUT2D eigenvalue weighted by molar-refractivity contribution is 5.88. The monoisotopic (exact) mass is 352 g/mol. The summed E-state index contributed by atoms with van der Waals surface area (Å²) >= 11 is 0. The Morgan fingerprint density at radius 2 is 1.92 bits per heavy atom. The quantitative estimate of drug-likeness (QED) is 0.693. The van der Waals surface area contributed by atoms with Gasteiger partial charge in [-0.2, -0.15) is 0 Å². The molecule has 0 aromatic heterocycles. The Balaban J connectivity index is 1.83. The Labute approximate surface area is 155 Å². The maximum absolute atomic E-state index is 11.2. The Kier molecular flexibility index (Phi) is 4.94. The summed E-state index contributed by atoms with van der Waals surface area (Å²) in [7, 11) is 0. The van der Waals surface area contributed by atoms with Crippen molar-refractivity contribution >= 4 is 17.3 Å². The van der Waals surface area contributed by atoms with Crippen molar-refractivity contribution in [2.45, 2.75) is 40.2 Å². The van der Waals surface area contributed by atoms with Crippen molar-refractivity contribution in [3.05, 3.63) is 59.2 Å². The molecule has 0 aliphatic carbocycles. The van der Waals surface area contributed by atoms with Crippen LogP contribution in [-0.2, 0) is 6.42 Å². The zero-order chi connectivity index (χ0) is 18.9. The SMILES string of the molecule is CC(C)CNc1ccc(C2Nc3ccc(C(=O)O)cc3CC2(C)C)cc1. The molecule has 2 aromatic rings. The Morgan fingerprint density at radius 3 is 2.54 bits per heavy atom. The first kappa shape index (κ1) is 18.3. The summed E-state index contributed by atoms with van der Waals surface area (Å²) in [6, 6.07) is 14.2. The standard InChI is InChI=1S/C22H28N2O2/c1-14(2)13-23-18-8-5-15(6-9-18)20-22(3,4)12-17-11-16(21(25)26)7-10-19(17)24-20/h5-11,14,20,23-24H,12-13H2,1-4H3,(H,25,26). The molecule has 3 rings (SSSR count). The highest BCUT2D eigenvalue weighted by atomic mass is 16.4. The highest BCUT2D eigenvalue weighted by Crippen LogP contribution is 2.45. The van der Waals surface area contributed by atoms with Gasteiger partial charge in [0.1, 0.15) is 0 Å². The number of carbonyl (C=O) groups is 1. The number of aromatic carboxylic acids is 1. The van der Waals surface area contributed by atoms with Gasteiger partial charge >= 0.3 is 5.97 Å². The number of carboxylic acids is 1. The molecular weight excluding hydrogens is 324 g/mol. The van der Waals surface area contributed by atoms with Gasteiger partial charge in [0.25, 0.3) is 0 Å². The minimum absolute atomic E-state index is 0.0169. The highest BCUT2D eigenvalue weighted by Gasteiger charge is 2.36. The third-order valence-corrected chi connectivity index (χ3v) is 5.04. The lowest BCUT2D eigenvalue weighted by molar-refractivity contribution is 0.0696. The number of hydrogen-bond donors (Lipinski definition) is 3. The van der Waals surface area contributed by atoms with E-state index in [0.29, 0.717) is 11.5 Å². The predicted molar refractivity (Wildman–Crippen MR) is 107 cm³/mol. The maximum atomic E-state index is 11.2. The largest absolute Gasteiger partial charge is 0.478 e. The Morgan fingerprint density at radius 1 is 1.23 bits per heavy atom. The van der Waals surface area contributed by atoms with Gasteiger partial charge in [-0.25, -0.2) is 4.79 Å². The van der Waals surface area contributed by atoms with E-state index < -0.39 is 5.97 Å². The summed E-state index contributed by atoms with van der Waals surface area (Å²) in [6.07, 6.45) is 0.842. The summed E-state index contributed by atoms with van der Waals surface area (Å²) in [5.41, 5.74) is 4.82. The summed E-state index contributed by atoms with van der Waals surface area (Å²) in [4.78, 5) is 11.2. The molecule has 1 unspecified atom stereocenters. The van der Waals surface area contributed by atoms with Gasteiger partial charge in [-0.1, -0.05) is 39.8 Å². The van der Waals surface area contributed by atoms with Crippen molar-refractivity contribution in [3.8, 4) is 0 Å². The van der Waals surface area contributed by atoms with Crippen LogP contribution in [0.15, 0.2) is 42.5 Å². The molecule has 1 heterocycles. The minimum Gasteiger partial charge on any atom is -0.478 e. The molecule has 1 aliphatic heterocycles. The van der Waals surface area contributed by atoms with Crippen molar-refractivity contribution < 1.29 is 9.90 Å². The zero-order valence-corrected chi connectivity index (χ0v) is 16.0. The maximum Gasteiger partial charge on any atom is 0.335 e. The van der Waals surface area contributed by atoms with Crippen LogP contribution in [0.1, 0.15) is 55.2 Å². The lowest BCUT2D eigenvalue weighted by Crippen LogP contribution is -2.35. The van der Waals surface area contributed by atoms with Crippen LogP contribution in [0.4, 0.5) is 11.4 Å². The van der Waals surface area contributed by atoms with Crippen LogP contribution in [0.5, 0.6) is 0 Å². The van der Waals surface area contributed by atoms with E-state index >= 15 is 0 Å². The molecule has 4 heteroatoms. The lowest BCUT2D eigenvalue weighted by Gasteiger charge is -2.41.